The Bertz CT molecular complexity index is 441. The van der Waals surface area contributed by atoms with Gasteiger partial charge in [-0.05, 0) is 38.3 Å². The molecular weight excluding hydrogens is 282 g/mol. The molecule has 6 heteroatoms. The molecule has 124 valence electrons. The van der Waals surface area contributed by atoms with Gasteiger partial charge in [-0.15, -0.1) is 0 Å². The lowest BCUT2D eigenvalue weighted by atomic mass is 10.1. The molecule has 0 aromatic carbocycles. The monoisotopic (exact) mass is 309 g/mol. The highest BCUT2D eigenvalue weighted by atomic mass is 16.5. The summed E-state index contributed by atoms with van der Waals surface area (Å²) in [6.45, 7) is 5.78. The first-order chi connectivity index (χ1) is 10.8. The van der Waals surface area contributed by atoms with Crippen LogP contribution in [0.15, 0.2) is 27.8 Å². The zero-order chi connectivity index (χ0) is 15.7. The summed E-state index contributed by atoms with van der Waals surface area (Å²) >= 11 is 0. The molecule has 1 aliphatic rings. The molecule has 1 aromatic rings. The Labute approximate surface area is 132 Å². The molecule has 0 atom stereocenters. The molecule has 0 spiro atoms. The van der Waals surface area contributed by atoms with Crippen LogP contribution < -0.4 is 10.6 Å². The number of ether oxygens (including phenoxy) is 1. The molecule has 2 rings (SSSR count). The third-order valence-corrected chi connectivity index (χ3v) is 3.79. The van der Waals surface area contributed by atoms with Crippen molar-refractivity contribution in [3.05, 3.63) is 24.2 Å². The Balaban J connectivity index is 1.58. The van der Waals surface area contributed by atoms with E-state index in [1.807, 2.05) is 19.1 Å². The minimum absolute atomic E-state index is 0.0501. The van der Waals surface area contributed by atoms with E-state index in [1.165, 1.54) is 0 Å². The SMILES string of the molecule is CCNC(=NCC1(CO)CC1)NCCCOCc1ccco1. The van der Waals surface area contributed by atoms with E-state index >= 15 is 0 Å². The molecule has 0 bridgehead atoms. The molecule has 0 aliphatic heterocycles. The molecule has 0 amide bonds. The molecular formula is C16H27N3O3. The van der Waals surface area contributed by atoms with E-state index < -0.39 is 0 Å². The second-order valence-electron chi connectivity index (χ2n) is 5.77. The van der Waals surface area contributed by atoms with E-state index in [-0.39, 0.29) is 12.0 Å². The molecule has 0 radical (unpaired) electrons. The van der Waals surface area contributed by atoms with Gasteiger partial charge in [0.25, 0.3) is 0 Å². The summed E-state index contributed by atoms with van der Waals surface area (Å²) in [6, 6.07) is 3.77. The Kier molecular flexibility index (Phi) is 6.74. The number of aliphatic hydroxyl groups is 1. The smallest absolute Gasteiger partial charge is 0.191 e. The standard InChI is InChI=1S/C16H27N3O3/c1-2-17-15(19-12-16(13-20)6-7-16)18-8-4-9-21-11-14-5-3-10-22-14/h3,5,10,20H,2,4,6-9,11-13H2,1H3,(H2,17,18,19). The third-order valence-electron chi connectivity index (χ3n) is 3.79. The van der Waals surface area contributed by atoms with Crippen LogP contribution in [-0.2, 0) is 11.3 Å². The first-order valence-corrected chi connectivity index (χ1v) is 8.01. The fraction of sp³-hybridized carbons (Fsp3) is 0.688. The summed E-state index contributed by atoms with van der Waals surface area (Å²) in [5.41, 5.74) is 0.0501. The van der Waals surface area contributed by atoms with E-state index in [0.717, 1.165) is 44.1 Å². The fourth-order valence-electron chi connectivity index (χ4n) is 2.08. The highest BCUT2D eigenvalue weighted by Gasteiger charge is 2.41. The minimum Gasteiger partial charge on any atom is -0.467 e. The first kappa shape index (κ1) is 16.8. The Morgan fingerprint density at radius 1 is 1.45 bits per heavy atom. The van der Waals surface area contributed by atoms with Crippen molar-refractivity contribution in [2.24, 2.45) is 10.4 Å². The van der Waals surface area contributed by atoms with E-state index in [2.05, 4.69) is 15.6 Å². The zero-order valence-corrected chi connectivity index (χ0v) is 13.3. The van der Waals surface area contributed by atoms with Gasteiger partial charge in [0.05, 0.1) is 19.4 Å². The van der Waals surface area contributed by atoms with E-state index in [9.17, 15) is 5.11 Å². The minimum atomic E-state index is 0.0501. The van der Waals surface area contributed by atoms with Gasteiger partial charge in [-0.25, -0.2) is 0 Å². The van der Waals surface area contributed by atoms with Crippen LogP contribution in [0.1, 0.15) is 31.9 Å². The number of rotatable bonds is 10. The predicted molar refractivity (Wildman–Crippen MR) is 85.7 cm³/mol. The van der Waals surface area contributed by atoms with Gasteiger partial charge in [0.1, 0.15) is 12.4 Å². The quantitative estimate of drug-likeness (QED) is 0.347. The molecule has 0 saturated heterocycles. The topological polar surface area (TPSA) is 79.0 Å². The Morgan fingerprint density at radius 3 is 2.95 bits per heavy atom. The molecule has 22 heavy (non-hydrogen) atoms. The maximum atomic E-state index is 9.32. The van der Waals surface area contributed by atoms with Crippen molar-refractivity contribution in [1.29, 1.82) is 0 Å². The lowest BCUT2D eigenvalue weighted by Gasteiger charge is -2.13. The van der Waals surface area contributed by atoms with Gasteiger partial charge >= 0.3 is 0 Å². The fourth-order valence-corrected chi connectivity index (χ4v) is 2.08. The van der Waals surface area contributed by atoms with Gasteiger partial charge in [0.15, 0.2) is 5.96 Å². The second kappa shape index (κ2) is 8.80. The van der Waals surface area contributed by atoms with Crippen molar-refractivity contribution in [2.75, 3.05) is 32.8 Å². The first-order valence-electron chi connectivity index (χ1n) is 8.01. The van der Waals surface area contributed by atoms with Gasteiger partial charge in [0.2, 0.25) is 0 Å². The highest BCUT2D eigenvalue weighted by molar-refractivity contribution is 5.79. The summed E-state index contributed by atoms with van der Waals surface area (Å²) < 4.78 is 10.7. The van der Waals surface area contributed by atoms with E-state index in [0.29, 0.717) is 19.8 Å². The number of nitrogens with one attached hydrogen (secondary N) is 2. The van der Waals surface area contributed by atoms with Gasteiger partial charge in [0, 0.05) is 25.1 Å². The van der Waals surface area contributed by atoms with Crippen molar-refractivity contribution in [1.82, 2.24) is 10.6 Å². The lowest BCUT2D eigenvalue weighted by molar-refractivity contribution is 0.105. The number of furan rings is 1. The van der Waals surface area contributed by atoms with Crippen LogP contribution in [0, 0.1) is 5.41 Å². The van der Waals surface area contributed by atoms with E-state index in [4.69, 9.17) is 9.15 Å². The van der Waals surface area contributed by atoms with Gasteiger partial charge in [-0.1, -0.05) is 0 Å². The summed E-state index contributed by atoms with van der Waals surface area (Å²) in [4.78, 5) is 4.56. The number of nitrogens with zero attached hydrogens (tertiary/aromatic N) is 1. The van der Waals surface area contributed by atoms with Crippen LogP contribution in [0.4, 0.5) is 0 Å². The van der Waals surface area contributed by atoms with Crippen molar-refractivity contribution in [3.8, 4) is 0 Å². The third kappa shape index (κ3) is 5.69. The highest BCUT2D eigenvalue weighted by Crippen LogP contribution is 2.45. The summed E-state index contributed by atoms with van der Waals surface area (Å²) in [6.07, 6.45) is 4.70. The molecule has 0 unspecified atom stereocenters. The average Bonchev–Trinajstić information content (AvgIpc) is 3.13. The van der Waals surface area contributed by atoms with Crippen LogP contribution in [0.5, 0.6) is 0 Å². The Hall–Kier alpha value is -1.53. The van der Waals surface area contributed by atoms with Crippen LogP contribution >= 0.6 is 0 Å². The van der Waals surface area contributed by atoms with Crippen LogP contribution in [0.2, 0.25) is 0 Å². The number of aliphatic hydroxyl groups excluding tert-OH is 1. The summed E-state index contributed by atoms with van der Waals surface area (Å²) in [5, 5.41) is 15.8. The van der Waals surface area contributed by atoms with Crippen molar-refractivity contribution < 1.29 is 14.3 Å². The molecule has 6 nitrogen and oxygen atoms in total. The van der Waals surface area contributed by atoms with Crippen molar-refractivity contribution in [3.63, 3.8) is 0 Å². The number of hydrogen-bond acceptors (Lipinski definition) is 4. The zero-order valence-electron chi connectivity index (χ0n) is 13.3. The van der Waals surface area contributed by atoms with Crippen molar-refractivity contribution in [2.45, 2.75) is 32.8 Å². The predicted octanol–water partition coefficient (Wildman–Crippen LogP) is 1.51. The van der Waals surface area contributed by atoms with Crippen LogP contribution in [0.25, 0.3) is 0 Å². The molecule has 1 heterocycles. The molecule has 1 aliphatic carbocycles. The molecule has 1 aromatic heterocycles. The maximum Gasteiger partial charge on any atom is 0.191 e. The molecule has 1 fully saturated rings. The maximum absolute atomic E-state index is 9.32. The summed E-state index contributed by atoms with van der Waals surface area (Å²) in [7, 11) is 0. The molecule has 3 N–H and O–H groups in total. The number of hydrogen-bond donors (Lipinski definition) is 3. The van der Waals surface area contributed by atoms with Crippen LogP contribution in [-0.4, -0.2) is 43.9 Å². The normalized spacial score (nSPS) is 16.5. The second-order valence-corrected chi connectivity index (χ2v) is 5.77. The van der Waals surface area contributed by atoms with Gasteiger partial charge in [-0.2, -0.15) is 0 Å². The largest absolute Gasteiger partial charge is 0.467 e. The Morgan fingerprint density at radius 2 is 2.32 bits per heavy atom. The molecule has 1 saturated carbocycles. The summed E-state index contributed by atoms with van der Waals surface area (Å²) in [5.74, 6) is 1.66. The lowest BCUT2D eigenvalue weighted by Crippen LogP contribution is -2.38. The van der Waals surface area contributed by atoms with Crippen molar-refractivity contribution >= 4 is 5.96 Å². The average molecular weight is 309 g/mol. The van der Waals surface area contributed by atoms with E-state index in [1.54, 1.807) is 6.26 Å². The van der Waals surface area contributed by atoms with Gasteiger partial charge < -0.3 is 24.9 Å². The number of guanidine groups is 1. The van der Waals surface area contributed by atoms with Gasteiger partial charge in [-0.3, -0.25) is 4.99 Å². The van der Waals surface area contributed by atoms with Crippen LogP contribution in [0.3, 0.4) is 0 Å². The number of aliphatic imine (C=N–C) groups is 1.